The molecule has 6 heteroatoms. The fraction of sp³-hybridized carbons (Fsp3) is 0.188. The molecule has 2 rings (SSSR count). The van der Waals surface area contributed by atoms with E-state index in [-0.39, 0.29) is 12.5 Å². The fourth-order valence-corrected chi connectivity index (χ4v) is 1.99. The van der Waals surface area contributed by atoms with Gasteiger partial charge < -0.3 is 19.5 Å². The van der Waals surface area contributed by atoms with Crippen molar-refractivity contribution in [2.45, 2.75) is 0 Å². The number of methoxy groups -OCH3 is 2. The van der Waals surface area contributed by atoms with Gasteiger partial charge in [-0.2, -0.15) is 0 Å². The zero-order valence-corrected chi connectivity index (χ0v) is 13.0. The molecule has 0 bridgehead atoms. The lowest BCUT2D eigenvalue weighted by atomic mass is 10.2. The quantitative estimate of drug-likeness (QED) is 0.886. The number of ether oxygens (including phenoxy) is 3. The molecular formula is C16H16ClNO4. The third-order valence-corrected chi connectivity index (χ3v) is 3.19. The largest absolute Gasteiger partial charge is 0.497 e. The lowest BCUT2D eigenvalue weighted by Crippen LogP contribution is -2.20. The van der Waals surface area contributed by atoms with E-state index in [0.717, 1.165) is 0 Å². The molecule has 0 aliphatic heterocycles. The topological polar surface area (TPSA) is 56.8 Å². The smallest absolute Gasteiger partial charge is 0.262 e. The summed E-state index contributed by atoms with van der Waals surface area (Å²) in [5.74, 6) is 1.28. The monoisotopic (exact) mass is 321 g/mol. The van der Waals surface area contributed by atoms with E-state index in [9.17, 15) is 4.79 Å². The Morgan fingerprint density at radius 1 is 1.09 bits per heavy atom. The van der Waals surface area contributed by atoms with E-state index in [2.05, 4.69) is 5.32 Å². The minimum Gasteiger partial charge on any atom is -0.497 e. The van der Waals surface area contributed by atoms with Crippen molar-refractivity contribution >= 4 is 23.2 Å². The molecule has 1 N–H and O–H groups in total. The van der Waals surface area contributed by atoms with E-state index in [1.54, 1.807) is 49.6 Å². The van der Waals surface area contributed by atoms with Crippen molar-refractivity contribution in [3.05, 3.63) is 47.5 Å². The van der Waals surface area contributed by atoms with Crippen molar-refractivity contribution in [2.24, 2.45) is 0 Å². The lowest BCUT2D eigenvalue weighted by Gasteiger charge is -2.12. The highest BCUT2D eigenvalue weighted by atomic mass is 35.5. The van der Waals surface area contributed by atoms with Gasteiger partial charge in [0.05, 0.1) is 24.9 Å². The molecule has 5 nitrogen and oxygen atoms in total. The summed E-state index contributed by atoms with van der Waals surface area (Å²) in [6.45, 7) is -0.163. The van der Waals surface area contributed by atoms with Crippen molar-refractivity contribution in [2.75, 3.05) is 26.1 Å². The Balaban J connectivity index is 2.01. The summed E-state index contributed by atoms with van der Waals surface area (Å²) in [4.78, 5) is 12.0. The minimum atomic E-state index is -0.327. The van der Waals surface area contributed by atoms with E-state index in [1.165, 1.54) is 7.11 Å². The number of hydrogen-bond acceptors (Lipinski definition) is 4. The molecule has 0 unspecified atom stereocenters. The standard InChI is InChI=1S/C16H16ClNO4/c1-20-11-7-8-15(21-2)13(9-11)18-16(19)10-22-14-6-4-3-5-12(14)17/h3-9H,10H2,1-2H3,(H,18,19). The van der Waals surface area contributed by atoms with Crippen molar-refractivity contribution in [1.82, 2.24) is 0 Å². The highest BCUT2D eigenvalue weighted by molar-refractivity contribution is 6.32. The second-order valence-electron chi connectivity index (χ2n) is 4.33. The van der Waals surface area contributed by atoms with E-state index in [0.29, 0.717) is 28.0 Å². The number of para-hydroxylation sites is 1. The normalized spacial score (nSPS) is 9.95. The van der Waals surface area contributed by atoms with Crippen LogP contribution >= 0.6 is 11.6 Å². The minimum absolute atomic E-state index is 0.163. The average molecular weight is 322 g/mol. The van der Waals surface area contributed by atoms with Crippen molar-refractivity contribution < 1.29 is 19.0 Å². The molecule has 116 valence electrons. The van der Waals surface area contributed by atoms with Crippen LogP contribution in [0.4, 0.5) is 5.69 Å². The summed E-state index contributed by atoms with van der Waals surface area (Å²) in [5, 5.41) is 3.17. The Morgan fingerprint density at radius 2 is 1.86 bits per heavy atom. The number of benzene rings is 2. The maximum Gasteiger partial charge on any atom is 0.262 e. The Kier molecular flexibility index (Phi) is 5.49. The highest BCUT2D eigenvalue weighted by Crippen LogP contribution is 2.29. The first-order chi connectivity index (χ1) is 10.6. The van der Waals surface area contributed by atoms with Crippen LogP contribution in [-0.2, 0) is 4.79 Å². The van der Waals surface area contributed by atoms with Crippen LogP contribution < -0.4 is 19.5 Å². The average Bonchev–Trinajstić information content (AvgIpc) is 2.54. The number of rotatable bonds is 6. The predicted octanol–water partition coefficient (Wildman–Crippen LogP) is 3.37. The third-order valence-electron chi connectivity index (χ3n) is 2.88. The van der Waals surface area contributed by atoms with Crippen LogP contribution in [0.5, 0.6) is 17.2 Å². The summed E-state index contributed by atoms with van der Waals surface area (Å²) in [6, 6.07) is 12.1. The molecule has 0 radical (unpaired) electrons. The van der Waals surface area contributed by atoms with Crippen LogP contribution in [0.3, 0.4) is 0 Å². The van der Waals surface area contributed by atoms with Gasteiger partial charge in [-0.15, -0.1) is 0 Å². The maximum atomic E-state index is 12.0. The molecule has 0 atom stereocenters. The van der Waals surface area contributed by atoms with Gasteiger partial charge >= 0.3 is 0 Å². The molecule has 2 aromatic carbocycles. The molecule has 2 aromatic rings. The summed E-state index contributed by atoms with van der Waals surface area (Å²) >= 11 is 5.96. The van der Waals surface area contributed by atoms with Crippen LogP contribution in [-0.4, -0.2) is 26.7 Å². The molecule has 0 heterocycles. The van der Waals surface area contributed by atoms with Crippen molar-refractivity contribution in [1.29, 1.82) is 0 Å². The molecule has 0 aromatic heterocycles. The number of amides is 1. The number of carbonyl (C=O) groups excluding carboxylic acids is 1. The van der Waals surface area contributed by atoms with Gasteiger partial charge in [0.25, 0.3) is 5.91 Å². The molecule has 0 fully saturated rings. The van der Waals surface area contributed by atoms with Crippen molar-refractivity contribution in [3.8, 4) is 17.2 Å². The lowest BCUT2D eigenvalue weighted by molar-refractivity contribution is -0.118. The number of carbonyl (C=O) groups is 1. The molecule has 0 saturated carbocycles. The molecule has 0 aliphatic rings. The van der Waals surface area contributed by atoms with Crippen molar-refractivity contribution in [3.63, 3.8) is 0 Å². The summed E-state index contributed by atoms with van der Waals surface area (Å²) in [7, 11) is 3.08. The zero-order chi connectivity index (χ0) is 15.9. The Hall–Kier alpha value is -2.40. The van der Waals surface area contributed by atoms with E-state index < -0.39 is 0 Å². The SMILES string of the molecule is COc1ccc(OC)c(NC(=O)COc2ccccc2Cl)c1. The Morgan fingerprint density at radius 3 is 2.55 bits per heavy atom. The van der Waals surface area contributed by atoms with Gasteiger partial charge in [0.15, 0.2) is 6.61 Å². The summed E-state index contributed by atoms with van der Waals surface area (Å²) < 4.78 is 15.7. The molecule has 22 heavy (non-hydrogen) atoms. The summed E-state index contributed by atoms with van der Waals surface area (Å²) in [6.07, 6.45) is 0. The Bertz CT molecular complexity index is 660. The number of hydrogen-bond donors (Lipinski definition) is 1. The van der Waals surface area contributed by atoms with E-state index >= 15 is 0 Å². The zero-order valence-electron chi connectivity index (χ0n) is 12.3. The predicted molar refractivity (Wildman–Crippen MR) is 85.1 cm³/mol. The van der Waals surface area contributed by atoms with Crippen LogP contribution in [0, 0.1) is 0 Å². The van der Waals surface area contributed by atoms with Gasteiger partial charge in [-0.1, -0.05) is 23.7 Å². The van der Waals surface area contributed by atoms with Crippen LogP contribution in [0.1, 0.15) is 0 Å². The molecule has 0 saturated heterocycles. The van der Waals surface area contributed by atoms with Crippen LogP contribution in [0.25, 0.3) is 0 Å². The second-order valence-corrected chi connectivity index (χ2v) is 4.74. The van der Waals surface area contributed by atoms with Gasteiger partial charge in [0.2, 0.25) is 0 Å². The van der Waals surface area contributed by atoms with Gasteiger partial charge in [-0.3, -0.25) is 4.79 Å². The van der Waals surface area contributed by atoms with E-state index in [1.807, 2.05) is 0 Å². The molecule has 0 aliphatic carbocycles. The first-order valence-electron chi connectivity index (χ1n) is 6.53. The second kappa shape index (κ2) is 7.56. The third kappa shape index (κ3) is 4.05. The first kappa shape index (κ1) is 16.0. The number of halogens is 1. The Labute approximate surface area is 133 Å². The molecular weight excluding hydrogens is 306 g/mol. The molecule has 1 amide bonds. The first-order valence-corrected chi connectivity index (χ1v) is 6.91. The molecule has 0 spiro atoms. The van der Waals surface area contributed by atoms with Gasteiger partial charge in [0, 0.05) is 6.07 Å². The number of nitrogens with one attached hydrogen (secondary N) is 1. The summed E-state index contributed by atoms with van der Waals surface area (Å²) in [5.41, 5.74) is 0.509. The fourth-order valence-electron chi connectivity index (χ4n) is 1.80. The van der Waals surface area contributed by atoms with E-state index in [4.69, 9.17) is 25.8 Å². The van der Waals surface area contributed by atoms with Gasteiger partial charge in [0.1, 0.15) is 17.2 Å². The number of anilines is 1. The van der Waals surface area contributed by atoms with Crippen LogP contribution in [0.2, 0.25) is 5.02 Å². The highest BCUT2D eigenvalue weighted by Gasteiger charge is 2.10. The van der Waals surface area contributed by atoms with Gasteiger partial charge in [-0.25, -0.2) is 0 Å². The van der Waals surface area contributed by atoms with Gasteiger partial charge in [-0.05, 0) is 24.3 Å². The van der Waals surface area contributed by atoms with Crippen LogP contribution in [0.15, 0.2) is 42.5 Å². The maximum absolute atomic E-state index is 12.0.